The normalized spacial score (nSPS) is 12.1. The zero-order chi connectivity index (χ0) is 17.6. The first-order valence-electron chi connectivity index (χ1n) is 8.42. The Bertz CT molecular complexity index is 849. The molecule has 0 bridgehead atoms. The number of pyridine rings is 1. The number of aliphatic imine (C=N–C) groups is 1. The Morgan fingerprint density at radius 3 is 2.92 bits per heavy atom. The smallest absolute Gasteiger partial charge is 0.192 e. The van der Waals surface area contributed by atoms with Gasteiger partial charge in [-0.15, -0.1) is 21.5 Å². The van der Waals surface area contributed by atoms with E-state index >= 15 is 0 Å². The van der Waals surface area contributed by atoms with Gasteiger partial charge in [-0.05, 0) is 25.0 Å². The molecule has 3 aromatic heterocycles. The Hall–Kier alpha value is -2.48. The number of guanidine groups is 1. The standard InChI is InChI=1S/C17H23N7S/c1-4-18-17(20-10-16-21-13(11-25-16)12(2)3)19-9-15-23-22-14-7-5-6-8-24(14)15/h5-8,11-12H,4,9-10H2,1-3H3,(H2,18,19,20). The minimum Gasteiger partial charge on any atom is -0.357 e. The van der Waals surface area contributed by atoms with Crippen LogP contribution in [0.15, 0.2) is 34.8 Å². The molecule has 0 aromatic carbocycles. The zero-order valence-electron chi connectivity index (χ0n) is 14.7. The van der Waals surface area contributed by atoms with Gasteiger partial charge in [-0.25, -0.2) is 9.98 Å². The van der Waals surface area contributed by atoms with E-state index in [4.69, 9.17) is 0 Å². The minimum absolute atomic E-state index is 0.452. The van der Waals surface area contributed by atoms with Crippen molar-refractivity contribution >= 4 is 22.9 Å². The molecule has 0 aliphatic rings. The van der Waals surface area contributed by atoms with Gasteiger partial charge in [0.05, 0.1) is 12.2 Å². The summed E-state index contributed by atoms with van der Waals surface area (Å²) >= 11 is 1.67. The van der Waals surface area contributed by atoms with Crippen molar-refractivity contribution in [1.29, 1.82) is 0 Å². The summed E-state index contributed by atoms with van der Waals surface area (Å²) in [5.41, 5.74) is 1.97. The quantitative estimate of drug-likeness (QED) is 0.523. The van der Waals surface area contributed by atoms with Crippen LogP contribution in [0.4, 0.5) is 0 Å². The van der Waals surface area contributed by atoms with Crippen LogP contribution in [0.5, 0.6) is 0 Å². The summed E-state index contributed by atoms with van der Waals surface area (Å²) in [7, 11) is 0. The van der Waals surface area contributed by atoms with Gasteiger partial charge in [0.25, 0.3) is 0 Å². The average Bonchev–Trinajstić information content (AvgIpc) is 3.24. The van der Waals surface area contributed by atoms with Crippen LogP contribution in [-0.4, -0.2) is 32.1 Å². The summed E-state index contributed by atoms with van der Waals surface area (Å²) in [6.07, 6.45) is 1.95. The van der Waals surface area contributed by atoms with Crippen LogP contribution >= 0.6 is 11.3 Å². The summed E-state index contributed by atoms with van der Waals surface area (Å²) in [5, 5.41) is 18.1. The van der Waals surface area contributed by atoms with Crippen molar-refractivity contribution in [1.82, 2.24) is 30.2 Å². The molecule has 0 saturated carbocycles. The molecule has 0 radical (unpaired) electrons. The van der Waals surface area contributed by atoms with Gasteiger partial charge in [-0.3, -0.25) is 4.40 Å². The Kier molecular flexibility index (Phi) is 5.60. The molecule has 0 fully saturated rings. The number of thiazole rings is 1. The second kappa shape index (κ2) is 8.06. The molecule has 3 rings (SSSR count). The summed E-state index contributed by atoms with van der Waals surface area (Å²) in [6, 6.07) is 5.84. The number of hydrogen-bond acceptors (Lipinski definition) is 5. The minimum atomic E-state index is 0.452. The van der Waals surface area contributed by atoms with E-state index in [0.29, 0.717) is 19.0 Å². The molecule has 8 heteroatoms. The number of nitrogens with one attached hydrogen (secondary N) is 2. The predicted molar refractivity (Wildman–Crippen MR) is 101 cm³/mol. The fourth-order valence-electron chi connectivity index (χ4n) is 2.32. The maximum absolute atomic E-state index is 4.64. The Morgan fingerprint density at radius 1 is 1.28 bits per heavy atom. The third-order valence-corrected chi connectivity index (χ3v) is 4.54. The van der Waals surface area contributed by atoms with Crippen molar-refractivity contribution in [3.05, 3.63) is 46.3 Å². The highest BCUT2D eigenvalue weighted by Crippen LogP contribution is 2.17. The number of nitrogens with zero attached hydrogens (tertiary/aromatic N) is 5. The van der Waals surface area contributed by atoms with Gasteiger partial charge in [0.1, 0.15) is 11.6 Å². The van der Waals surface area contributed by atoms with Crippen molar-refractivity contribution in [2.75, 3.05) is 6.54 Å². The molecule has 0 aliphatic carbocycles. The molecule has 132 valence electrons. The molecular formula is C17H23N7S. The first-order valence-corrected chi connectivity index (χ1v) is 9.30. The first-order chi connectivity index (χ1) is 12.2. The van der Waals surface area contributed by atoms with E-state index in [1.807, 2.05) is 35.7 Å². The van der Waals surface area contributed by atoms with Crippen LogP contribution in [0.3, 0.4) is 0 Å². The van der Waals surface area contributed by atoms with Crippen LogP contribution in [0.1, 0.15) is 43.2 Å². The molecule has 7 nitrogen and oxygen atoms in total. The van der Waals surface area contributed by atoms with E-state index in [2.05, 4.69) is 50.0 Å². The molecule has 0 unspecified atom stereocenters. The lowest BCUT2D eigenvalue weighted by Crippen LogP contribution is -2.36. The molecule has 0 spiro atoms. The Morgan fingerprint density at radius 2 is 2.16 bits per heavy atom. The number of aromatic nitrogens is 4. The van der Waals surface area contributed by atoms with Gasteiger partial charge in [0, 0.05) is 18.1 Å². The average molecular weight is 357 g/mol. The van der Waals surface area contributed by atoms with E-state index in [9.17, 15) is 0 Å². The summed E-state index contributed by atoms with van der Waals surface area (Å²) in [5.74, 6) is 2.01. The van der Waals surface area contributed by atoms with Gasteiger partial charge < -0.3 is 10.6 Å². The van der Waals surface area contributed by atoms with E-state index in [1.165, 1.54) is 0 Å². The highest BCUT2D eigenvalue weighted by atomic mass is 32.1. The largest absolute Gasteiger partial charge is 0.357 e. The molecule has 0 amide bonds. The Labute approximate surface area is 151 Å². The van der Waals surface area contributed by atoms with Crippen LogP contribution in [-0.2, 0) is 13.1 Å². The van der Waals surface area contributed by atoms with Crippen LogP contribution < -0.4 is 10.6 Å². The number of fused-ring (bicyclic) bond motifs is 1. The molecule has 25 heavy (non-hydrogen) atoms. The van der Waals surface area contributed by atoms with Crippen molar-refractivity contribution in [2.24, 2.45) is 4.99 Å². The van der Waals surface area contributed by atoms with Crippen molar-refractivity contribution in [3.63, 3.8) is 0 Å². The fourth-order valence-corrected chi connectivity index (χ4v) is 3.22. The monoisotopic (exact) mass is 357 g/mol. The van der Waals surface area contributed by atoms with Crippen LogP contribution in [0.25, 0.3) is 5.65 Å². The van der Waals surface area contributed by atoms with Crippen molar-refractivity contribution in [2.45, 2.75) is 39.8 Å². The third kappa shape index (κ3) is 4.33. The zero-order valence-corrected chi connectivity index (χ0v) is 15.5. The highest BCUT2D eigenvalue weighted by molar-refractivity contribution is 7.09. The van der Waals surface area contributed by atoms with Gasteiger partial charge in [0.2, 0.25) is 0 Å². The third-order valence-electron chi connectivity index (χ3n) is 3.68. The molecule has 3 aromatic rings. The molecule has 2 N–H and O–H groups in total. The molecule has 0 atom stereocenters. The second-order valence-electron chi connectivity index (χ2n) is 5.91. The SMILES string of the molecule is CCNC(=NCc1nnc2ccccn12)NCc1nc(C(C)C)cs1. The molecule has 0 saturated heterocycles. The van der Waals surface area contributed by atoms with Crippen molar-refractivity contribution in [3.8, 4) is 0 Å². The molecule has 0 aliphatic heterocycles. The van der Waals surface area contributed by atoms with Crippen LogP contribution in [0, 0.1) is 0 Å². The van der Waals surface area contributed by atoms with E-state index in [-0.39, 0.29) is 0 Å². The number of rotatable bonds is 6. The second-order valence-corrected chi connectivity index (χ2v) is 6.86. The summed E-state index contributed by atoms with van der Waals surface area (Å²) < 4.78 is 1.95. The maximum Gasteiger partial charge on any atom is 0.192 e. The van der Waals surface area contributed by atoms with Gasteiger partial charge in [-0.1, -0.05) is 19.9 Å². The first kappa shape index (κ1) is 17.3. The van der Waals surface area contributed by atoms with E-state index in [0.717, 1.165) is 34.7 Å². The molecule has 3 heterocycles. The van der Waals surface area contributed by atoms with Crippen LogP contribution in [0.2, 0.25) is 0 Å². The van der Waals surface area contributed by atoms with Gasteiger partial charge in [-0.2, -0.15) is 0 Å². The lowest BCUT2D eigenvalue weighted by molar-refractivity contribution is 0.780. The van der Waals surface area contributed by atoms with Gasteiger partial charge >= 0.3 is 0 Å². The van der Waals surface area contributed by atoms with Gasteiger partial charge in [0.15, 0.2) is 17.4 Å². The lowest BCUT2D eigenvalue weighted by atomic mass is 10.2. The van der Waals surface area contributed by atoms with Crippen molar-refractivity contribution < 1.29 is 0 Å². The predicted octanol–water partition coefficient (Wildman–Crippen LogP) is 2.56. The number of hydrogen-bond donors (Lipinski definition) is 2. The highest BCUT2D eigenvalue weighted by Gasteiger charge is 2.07. The lowest BCUT2D eigenvalue weighted by Gasteiger charge is -2.09. The molecular weight excluding hydrogens is 334 g/mol. The summed E-state index contributed by atoms with van der Waals surface area (Å²) in [6.45, 7) is 8.26. The topological polar surface area (TPSA) is 79.5 Å². The maximum atomic E-state index is 4.64. The van der Waals surface area contributed by atoms with E-state index in [1.54, 1.807) is 11.3 Å². The fraction of sp³-hybridized carbons (Fsp3) is 0.412. The van der Waals surface area contributed by atoms with E-state index < -0.39 is 0 Å². The summed E-state index contributed by atoms with van der Waals surface area (Å²) in [4.78, 5) is 9.25. The Balaban J connectivity index is 1.66.